The second-order valence-electron chi connectivity index (χ2n) is 6.88. The maximum Gasteiger partial charge on any atom is 0.201 e. The molecule has 3 nitrogen and oxygen atoms in total. The second kappa shape index (κ2) is 5.16. The fourth-order valence-corrected chi connectivity index (χ4v) is 2.88. The summed E-state index contributed by atoms with van der Waals surface area (Å²) in [5.74, 6) is 0.564. The number of rotatable bonds is 2. The summed E-state index contributed by atoms with van der Waals surface area (Å²) in [6.07, 6.45) is 0. The molecule has 0 unspecified atom stereocenters. The third kappa shape index (κ3) is 2.47. The minimum Gasteiger partial charge on any atom is -0.369 e. The molecule has 22 heavy (non-hydrogen) atoms. The SMILES string of the molecule is C[C@@H](c1ccc(C(C)(C)C)cc1)n1c(N)nc2ccccc21. The number of nitrogen functional groups attached to an aromatic ring is 1. The lowest BCUT2D eigenvalue weighted by atomic mass is 9.86. The van der Waals surface area contributed by atoms with Crippen LogP contribution in [0.3, 0.4) is 0 Å². The minimum atomic E-state index is 0.154. The van der Waals surface area contributed by atoms with Crippen LogP contribution in [0.25, 0.3) is 11.0 Å². The van der Waals surface area contributed by atoms with Crippen molar-refractivity contribution in [2.75, 3.05) is 5.73 Å². The number of aromatic nitrogens is 2. The molecule has 0 aliphatic carbocycles. The Balaban J connectivity index is 2.02. The number of benzene rings is 2. The molecule has 0 bridgehead atoms. The van der Waals surface area contributed by atoms with E-state index in [9.17, 15) is 0 Å². The van der Waals surface area contributed by atoms with Gasteiger partial charge in [0, 0.05) is 0 Å². The molecule has 2 aromatic carbocycles. The first-order chi connectivity index (χ1) is 10.4. The summed E-state index contributed by atoms with van der Waals surface area (Å²) < 4.78 is 2.10. The van der Waals surface area contributed by atoms with Gasteiger partial charge in [-0.2, -0.15) is 0 Å². The Bertz CT molecular complexity index is 792. The Labute approximate surface area is 131 Å². The van der Waals surface area contributed by atoms with Crippen molar-refractivity contribution in [2.24, 2.45) is 0 Å². The molecule has 0 saturated carbocycles. The molecule has 3 heteroatoms. The first-order valence-electron chi connectivity index (χ1n) is 7.71. The van der Waals surface area contributed by atoms with E-state index in [1.54, 1.807) is 0 Å². The van der Waals surface area contributed by atoms with Crippen molar-refractivity contribution in [2.45, 2.75) is 39.2 Å². The number of nitrogens with two attached hydrogens (primary N) is 1. The molecule has 0 aliphatic rings. The lowest BCUT2D eigenvalue weighted by Gasteiger charge is -2.21. The summed E-state index contributed by atoms with van der Waals surface area (Å²) in [5, 5.41) is 0. The molecule has 0 radical (unpaired) electrons. The van der Waals surface area contributed by atoms with Gasteiger partial charge in [0.25, 0.3) is 0 Å². The smallest absolute Gasteiger partial charge is 0.201 e. The number of nitrogens with zero attached hydrogens (tertiary/aromatic N) is 2. The lowest BCUT2D eigenvalue weighted by molar-refractivity contribution is 0.588. The minimum absolute atomic E-state index is 0.154. The van der Waals surface area contributed by atoms with Crippen molar-refractivity contribution in [1.29, 1.82) is 0 Å². The number of imidazole rings is 1. The molecule has 114 valence electrons. The third-order valence-electron chi connectivity index (χ3n) is 4.27. The molecule has 2 N–H and O–H groups in total. The standard InChI is InChI=1S/C19H23N3/c1-13(14-9-11-15(12-10-14)19(2,3)4)22-17-8-6-5-7-16(17)21-18(22)20/h5-13H,1-4H3,(H2,20,21)/t13-/m0/s1. The van der Waals surface area contributed by atoms with Gasteiger partial charge in [0.2, 0.25) is 5.95 Å². The van der Waals surface area contributed by atoms with Gasteiger partial charge in [0.1, 0.15) is 0 Å². The normalized spacial score (nSPS) is 13.5. The number of hydrogen-bond donors (Lipinski definition) is 1. The molecule has 0 amide bonds. The number of anilines is 1. The van der Waals surface area contributed by atoms with E-state index in [2.05, 4.69) is 67.6 Å². The Morgan fingerprint density at radius 3 is 2.27 bits per heavy atom. The first-order valence-corrected chi connectivity index (χ1v) is 7.71. The Hall–Kier alpha value is -2.29. The van der Waals surface area contributed by atoms with Crippen molar-refractivity contribution in [3.05, 3.63) is 59.7 Å². The highest BCUT2D eigenvalue weighted by molar-refractivity contribution is 5.78. The van der Waals surface area contributed by atoms with Crippen molar-refractivity contribution >= 4 is 17.0 Å². The molecular weight excluding hydrogens is 270 g/mol. The number of para-hydroxylation sites is 2. The van der Waals surface area contributed by atoms with Crippen LogP contribution >= 0.6 is 0 Å². The summed E-state index contributed by atoms with van der Waals surface area (Å²) in [5.41, 5.74) is 10.9. The zero-order valence-electron chi connectivity index (χ0n) is 13.7. The van der Waals surface area contributed by atoms with Crippen LogP contribution in [0, 0.1) is 0 Å². The summed E-state index contributed by atoms with van der Waals surface area (Å²) in [7, 11) is 0. The molecule has 0 fully saturated rings. The zero-order chi connectivity index (χ0) is 15.9. The van der Waals surface area contributed by atoms with Gasteiger partial charge in [-0.05, 0) is 35.6 Å². The van der Waals surface area contributed by atoms with Crippen LogP contribution in [0.4, 0.5) is 5.95 Å². The maximum absolute atomic E-state index is 6.14. The summed E-state index contributed by atoms with van der Waals surface area (Å²) in [4.78, 5) is 4.46. The third-order valence-corrected chi connectivity index (χ3v) is 4.27. The van der Waals surface area contributed by atoms with Gasteiger partial charge in [0.15, 0.2) is 0 Å². The second-order valence-corrected chi connectivity index (χ2v) is 6.88. The van der Waals surface area contributed by atoms with E-state index >= 15 is 0 Å². The van der Waals surface area contributed by atoms with Crippen LogP contribution < -0.4 is 5.73 Å². The van der Waals surface area contributed by atoms with Crippen LogP contribution in [-0.4, -0.2) is 9.55 Å². The summed E-state index contributed by atoms with van der Waals surface area (Å²) in [6.45, 7) is 8.85. The first kappa shape index (κ1) is 14.6. The highest BCUT2D eigenvalue weighted by atomic mass is 15.2. The van der Waals surface area contributed by atoms with Gasteiger partial charge in [-0.1, -0.05) is 57.2 Å². The quantitative estimate of drug-likeness (QED) is 0.754. The molecule has 1 aromatic heterocycles. The van der Waals surface area contributed by atoms with E-state index in [0.717, 1.165) is 11.0 Å². The lowest BCUT2D eigenvalue weighted by Crippen LogP contribution is -2.13. The summed E-state index contributed by atoms with van der Waals surface area (Å²) >= 11 is 0. The van der Waals surface area contributed by atoms with Gasteiger partial charge in [-0.15, -0.1) is 0 Å². The number of hydrogen-bond acceptors (Lipinski definition) is 2. The largest absolute Gasteiger partial charge is 0.369 e. The summed E-state index contributed by atoms with van der Waals surface area (Å²) in [6, 6.07) is 17.0. The van der Waals surface area contributed by atoms with Crippen LogP contribution in [0.5, 0.6) is 0 Å². The van der Waals surface area contributed by atoms with E-state index in [0.29, 0.717) is 5.95 Å². The van der Waals surface area contributed by atoms with Crippen molar-refractivity contribution in [3.8, 4) is 0 Å². The predicted octanol–water partition coefficient (Wildman–Crippen LogP) is 4.53. The van der Waals surface area contributed by atoms with Crippen LogP contribution in [0.15, 0.2) is 48.5 Å². The van der Waals surface area contributed by atoms with Crippen molar-refractivity contribution in [1.82, 2.24) is 9.55 Å². The molecule has 1 heterocycles. The van der Waals surface area contributed by atoms with Gasteiger partial charge >= 0.3 is 0 Å². The van der Waals surface area contributed by atoms with E-state index < -0.39 is 0 Å². The maximum atomic E-state index is 6.14. The Morgan fingerprint density at radius 2 is 1.64 bits per heavy atom. The highest BCUT2D eigenvalue weighted by Gasteiger charge is 2.17. The van der Waals surface area contributed by atoms with Crippen molar-refractivity contribution < 1.29 is 0 Å². The molecule has 3 rings (SSSR count). The Morgan fingerprint density at radius 1 is 1.00 bits per heavy atom. The predicted molar refractivity (Wildman–Crippen MR) is 93.1 cm³/mol. The topological polar surface area (TPSA) is 43.8 Å². The highest BCUT2D eigenvalue weighted by Crippen LogP contribution is 2.29. The average Bonchev–Trinajstić information content (AvgIpc) is 2.81. The van der Waals surface area contributed by atoms with Gasteiger partial charge in [-0.25, -0.2) is 4.98 Å². The monoisotopic (exact) mass is 293 g/mol. The van der Waals surface area contributed by atoms with E-state index in [-0.39, 0.29) is 11.5 Å². The van der Waals surface area contributed by atoms with Crippen molar-refractivity contribution in [3.63, 3.8) is 0 Å². The molecule has 0 spiro atoms. The number of fused-ring (bicyclic) bond motifs is 1. The van der Waals surface area contributed by atoms with E-state index in [4.69, 9.17) is 5.73 Å². The fraction of sp³-hybridized carbons (Fsp3) is 0.316. The van der Waals surface area contributed by atoms with Crippen LogP contribution in [0.1, 0.15) is 44.9 Å². The molecule has 0 aliphatic heterocycles. The molecule has 3 aromatic rings. The van der Waals surface area contributed by atoms with Gasteiger partial charge < -0.3 is 10.3 Å². The van der Waals surface area contributed by atoms with Gasteiger partial charge in [-0.3, -0.25) is 0 Å². The van der Waals surface area contributed by atoms with Crippen LogP contribution in [0.2, 0.25) is 0 Å². The average molecular weight is 293 g/mol. The van der Waals surface area contributed by atoms with Gasteiger partial charge in [0.05, 0.1) is 17.1 Å². The molecule has 0 saturated heterocycles. The molecule has 1 atom stereocenters. The fourth-order valence-electron chi connectivity index (χ4n) is 2.88. The van der Waals surface area contributed by atoms with E-state index in [1.165, 1.54) is 11.1 Å². The molecular formula is C19H23N3. The van der Waals surface area contributed by atoms with Crippen LogP contribution in [-0.2, 0) is 5.41 Å². The Kier molecular flexibility index (Phi) is 3.44. The zero-order valence-corrected chi connectivity index (χ0v) is 13.7. The van der Waals surface area contributed by atoms with E-state index in [1.807, 2.05) is 18.2 Å².